The predicted molar refractivity (Wildman–Crippen MR) is 47.7 cm³/mol. The quantitative estimate of drug-likeness (QED) is 0.564. The smallest absolute Gasteiger partial charge is 0.302 e. The largest absolute Gasteiger partial charge is 0.462 e. The molecule has 0 radical (unpaired) electrons. The number of ether oxygens (including phenoxy) is 1. The van der Waals surface area contributed by atoms with Gasteiger partial charge in [0.05, 0.1) is 0 Å². The predicted octanol–water partition coefficient (Wildman–Crippen LogP) is 2.23. The molecule has 12 heavy (non-hydrogen) atoms. The summed E-state index contributed by atoms with van der Waals surface area (Å²) in [5.74, 6) is 1.58. The maximum atomic E-state index is 10.8. The van der Waals surface area contributed by atoms with Crippen LogP contribution in [0.15, 0.2) is 0 Å². The fourth-order valence-corrected chi connectivity index (χ4v) is 2.19. The summed E-state index contributed by atoms with van der Waals surface area (Å²) in [4.78, 5) is 10.8. The normalized spacial score (nSPS) is 41.3. The minimum Gasteiger partial charge on any atom is -0.462 e. The molecule has 1 saturated carbocycles. The molecule has 1 fully saturated rings. The van der Waals surface area contributed by atoms with E-state index in [0.717, 1.165) is 0 Å². The third-order valence-corrected chi connectivity index (χ3v) is 3.02. The molecular weight excluding hydrogens is 152 g/mol. The van der Waals surface area contributed by atoms with E-state index in [1.165, 1.54) is 13.3 Å². The second-order valence-corrected chi connectivity index (χ2v) is 4.12. The van der Waals surface area contributed by atoms with Crippen molar-refractivity contribution in [2.24, 2.45) is 17.8 Å². The van der Waals surface area contributed by atoms with Crippen LogP contribution >= 0.6 is 0 Å². The van der Waals surface area contributed by atoms with Crippen molar-refractivity contribution >= 4 is 5.97 Å². The van der Waals surface area contributed by atoms with Crippen molar-refractivity contribution in [3.8, 4) is 0 Å². The van der Waals surface area contributed by atoms with Crippen molar-refractivity contribution in [3.05, 3.63) is 0 Å². The topological polar surface area (TPSA) is 26.3 Å². The molecule has 4 atom stereocenters. The average Bonchev–Trinajstić information content (AvgIpc) is 2.16. The Bertz CT molecular complexity index is 177. The van der Waals surface area contributed by atoms with Gasteiger partial charge >= 0.3 is 5.97 Å². The van der Waals surface area contributed by atoms with Gasteiger partial charge in [0.1, 0.15) is 6.10 Å². The molecule has 0 amide bonds. The van der Waals surface area contributed by atoms with E-state index in [1.54, 1.807) is 0 Å². The highest BCUT2D eigenvalue weighted by Crippen LogP contribution is 2.37. The SMILES string of the molecule is CC(=O)OC1C(C)CC(C)C1C. The number of rotatable bonds is 1. The molecular formula is C10H18O2. The standard InChI is InChI=1S/C10H18O2/c1-6-5-7(2)10(8(6)3)12-9(4)11/h6-8,10H,5H2,1-4H3. The molecule has 0 aromatic rings. The zero-order valence-corrected chi connectivity index (χ0v) is 8.33. The van der Waals surface area contributed by atoms with Crippen LogP contribution in [0.3, 0.4) is 0 Å². The van der Waals surface area contributed by atoms with Gasteiger partial charge in [-0.3, -0.25) is 4.79 Å². The minimum absolute atomic E-state index is 0.146. The molecule has 0 aliphatic heterocycles. The Hall–Kier alpha value is -0.530. The summed E-state index contributed by atoms with van der Waals surface area (Å²) < 4.78 is 5.27. The van der Waals surface area contributed by atoms with Crippen LogP contribution in [0, 0.1) is 17.8 Å². The van der Waals surface area contributed by atoms with Gasteiger partial charge in [-0.1, -0.05) is 20.8 Å². The van der Waals surface area contributed by atoms with E-state index >= 15 is 0 Å². The number of esters is 1. The van der Waals surface area contributed by atoms with E-state index in [0.29, 0.717) is 17.8 Å². The summed E-state index contributed by atoms with van der Waals surface area (Å²) in [7, 11) is 0. The highest BCUT2D eigenvalue weighted by atomic mass is 16.5. The van der Waals surface area contributed by atoms with Crippen molar-refractivity contribution in [1.82, 2.24) is 0 Å². The first-order valence-electron chi connectivity index (χ1n) is 4.69. The minimum atomic E-state index is -0.146. The number of carbonyl (C=O) groups excluding carboxylic acids is 1. The molecule has 0 bridgehead atoms. The fraction of sp³-hybridized carbons (Fsp3) is 0.900. The van der Waals surface area contributed by atoms with E-state index in [1.807, 2.05) is 0 Å². The van der Waals surface area contributed by atoms with Crippen molar-refractivity contribution in [2.75, 3.05) is 0 Å². The van der Waals surface area contributed by atoms with Gasteiger partial charge in [-0.15, -0.1) is 0 Å². The van der Waals surface area contributed by atoms with Crippen LogP contribution in [-0.2, 0) is 9.53 Å². The van der Waals surface area contributed by atoms with Crippen molar-refractivity contribution in [3.63, 3.8) is 0 Å². The Morgan fingerprint density at radius 2 is 1.83 bits per heavy atom. The molecule has 0 spiro atoms. The molecule has 2 heteroatoms. The fourth-order valence-electron chi connectivity index (χ4n) is 2.19. The zero-order chi connectivity index (χ0) is 9.30. The maximum absolute atomic E-state index is 10.8. The lowest BCUT2D eigenvalue weighted by Gasteiger charge is -2.20. The van der Waals surface area contributed by atoms with Crippen LogP contribution in [0.25, 0.3) is 0 Å². The Morgan fingerprint density at radius 1 is 1.25 bits per heavy atom. The number of hydrogen-bond acceptors (Lipinski definition) is 2. The molecule has 1 aliphatic rings. The van der Waals surface area contributed by atoms with Crippen LogP contribution in [0.5, 0.6) is 0 Å². The van der Waals surface area contributed by atoms with Gasteiger partial charge in [0, 0.05) is 6.92 Å². The van der Waals surface area contributed by atoms with E-state index in [-0.39, 0.29) is 12.1 Å². The first-order valence-corrected chi connectivity index (χ1v) is 4.69. The van der Waals surface area contributed by atoms with Crippen LogP contribution < -0.4 is 0 Å². The van der Waals surface area contributed by atoms with Gasteiger partial charge in [-0.25, -0.2) is 0 Å². The van der Waals surface area contributed by atoms with E-state index in [2.05, 4.69) is 20.8 Å². The van der Waals surface area contributed by atoms with Gasteiger partial charge in [0.15, 0.2) is 0 Å². The summed E-state index contributed by atoms with van der Waals surface area (Å²) >= 11 is 0. The van der Waals surface area contributed by atoms with Gasteiger partial charge in [-0.2, -0.15) is 0 Å². The zero-order valence-electron chi connectivity index (χ0n) is 8.33. The van der Waals surface area contributed by atoms with Gasteiger partial charge in [0.2, 0.25) is 0 Å². The maximum Gasteiger partial charge on any atom is 0.302 e. The molecule has 1 rings (SSSR count). The third kappa shape index (κ3) is 1.79. The van der Waals surface area contributed by atoms with E-state index in [4.69, 9.17) is 4.74 Å². The molecule has 0 heterocycles. The molecule has 0 aromatic carbocycles. The highest BCUT2D eigenvalue weighted by Gasteiger charge is 2.37. The van der Waals surface area contributed by atoms with E-state index in [9.17, 15) is 4.79 Å². The number of hydrogen-bond donors (Lipinski definition) is 0. The molecule has 4 unspecified atom stereocenters. The number of carbonyl (C=O) groups is 1. The average molecular weight is 170 g/mol. The summed E-state index contributed by atoms with van der Waals surface area (Å²) in [6, 6.07) is 0. The summed E-state index contributed by atoms with van der Waals surface area (Å²) in [6.07, 6.45) is 1.33. The Morgan fingerprint density at radius 3 is 2.17 bits per heavy atom. The lowest BCUT2D eigenvalue weighted by molar-refractivity contribution is -0.150. The third-order valence-electron chi connectivity index (χ3n) is 3.02. The van der Waals surface area contributed by atoms with Crippen LogP contribution in [0.4, 0.5) is 0 Å². The highest BCUT2D eigenvalue weighted by molar-refractivity contribution is 5.66. The Balaban J connectivity index is 2.57. The summed E-state index contributed by atoms with van der Waals surface area (Å²) in [6.45, 7) is 8.04. The summed E-state index contributed by atoms with van der Waals surface area (Å²) in [5.41, 5.74) is 0. The molecule has 0 N–H and O–H groups in total. The molecule has 0 aromatic heterocycles. The van der Waals surface area contributed by atoms with Crippen LogP contribution in [0.1, 0.15) is 34.1 Å². The lowest BCUT2D eigenvalue weighted by Crippen LogP contribution is -2.25. The molecule has 1 aliphatic carbocycles. The Labute approximate surface area is 74.3 Å². The molecule has 0 saturated heterocycles. The first kappa shape index (κ1) is 9.56. The first-order chi connectivity index (χ1) is 5.52. The second-order valence-electron chi connectivity index (χ2n) is 4.12. The van der Waals surface area contributed by atoms with Gasteiger partial charge < -0.3 is 4.74 Å². The Kier molecular flexibility index (Phi) is 2.76. The monoisotopic (exact) mass is 170 g/mol. The summed E-state index contributed by atoms with van der Waals surface area (Å²) in [5, 5.41) is 0. The molecule has 2 nitrogen and oxygen atoms in total. The second kappa shape index (κ2) is 3.46. The van der Waals surface area contributed by atoms with Gasteiger partial charge in [-0.05, 0) is 24.2 Å². The van der Waals surface area contributed by atoms with Crippen molar-refractivity contribution < 1.29 is 9.53 Å². The van der Waals surface area contributed by atoms with Crippen molar-refractivity contribution in [1.29, 1.82) is 0 Å². The van der Waals surface area contributed by atoms with Crippen LogP contribution in [-0.4, -0.2) is 12.1 Å². The molecule has 70 valence electrons. The van der Waals surface area contributed by atoms with Crippen LogP contribution in [0.2, 0.25) is 0 Å². The lowest BCUT2D eigenvalue weighted by atomic mass is 9.99. The van der Waals surface area contributed by atoms with E-state index < -0.39 is 0 Å². The van der Waals surface area contributed by atoms with Crippen molar-refractivity contribution in [2.45, 2.75) is 40.2 Å². The van der Waals surface area contributed by atoms with Gasteiger partial charge in [0.25, 0.3) is 0 Å².